The number of amides is 1. The molecule has 0 saturated heterocycles. The fourth-order valence-electron chi connectivity index (χ4n) is 3.83. The van der Waals surface area contributed by atoms with Gasteiger partial charge in [-0.2, -0.15) is 4.98 Å². The molecule has 0 radical (unpaired) electrons. The molecule has 1 amide bonds. The lowest BCUT2D eigenvalue weighted by molar-refractivity contribution is -0.116. The number of rotatable bonds is 7. The second-order valence-electron chi connectivity index (χ2n) is 8.08. The van der Waals surface area contributed by atoms with Gasteiger partial charge in [0.05, 0.1) is 0 Å². The summed E-state index contributed by atoms with van der Waals surface area (Å²) in [7, 11) is 0. The minimum atomic E-state index is -0.276. The van der Waals surface area contributed by atoms with Crippen LogP contribution in [0.15, 0.2) is 47.0 Å². The van der Waals surface area contributed by atoms with Gasteiger partial charge in [0.25, 0.3) is 0 Å². The van der Waals surface area contributed by atoms with Gasteiger partial charge >= 0.3 is 0 Å². The molecule has 1 aliphatic rings. The largest absolute Gasteiger partial charge is 0.382 e. The van der Waals surface area contributed by atoms with E-state index < -0.39 is 0 Å². The van der Waals surface area contributed by atoms with E-state index in [0.717, 1.165) is 11.4 Å². The number of nitrogens with zero attached hydrogens (tertiary/aromatic N) is 2. The van der Waals surface area contributed by atoms with Crippen LogP contribution in [0.1, 0.15) is 50.0 Å². The average molecular weight is 423 g/mol. The molecular formula is C24H27FN4O2. The van der Waals surface area contributed by atoms with E-state index in [0.29, 0.717) is 35.3 Å². The SMILES string of the molecule is Cc1cc(-c2noc(CCC(=O)Nc3ccc(NC4CCCCC4)cc3)n2)ccc1F. The number of nitrogens with one attached hydrogen (secondary N) is 2. The van der Waals surface area contributed by atoms with Crippen LogP contribution in [0.3, 0.4) is 0 Å². The van der Waals surface area contributed by atoms with Crippen LogP contribution in [-0.4, -0.2) is 22.1 Å². The molecule has 0 atom stereocenters. The zero-order chi connectivity index (χ0) is 21.6. The Morgan fingerprint density at radius 1 is 1.10 bits per heavy atom. The standard InChI is InChI=1S/C24H27FN4O2/c1-16-15-17(7-12-21(16)25)24-28-23(31-29-24)14-13-22(30)27-20-10-8-19(9-11-20)26-18-5-3-2-4-6-18/h7-12,15,18,26H,2-6,13-14H2,1H3,(H,27,30). The predicted octanol–water partition coefficient (Wildman–Crippen LogP) is 5.50. The monoisotopic (exact) mass is 422 g/mol. The molecule has 0 aliphatic heterocycles. The molecule has 2 aromatic carbocycles. The molecule has 162 valence electrons. The summed E-state index contributed by atoms with van der Waals surface area (Å²) in [4.78, 5) is 16.6. The molecule has 2 N–H and O–H groups in total. The smallest absolute Gasteiger partial charge is 0.227 e. The van der Waals surface area contributed by atoms with Crippen molar-refractivity contribution in [2.45, 2.75) is 57.9 Å². The zero-order valence-corrected chi connectivity index (χ0v) is 17.7. The molecule has 6 nitrogen and oxygen atoms in total. The Morgan fingerprint density at radius 2 is 1.84 bits per heavy atom. The molecule has 0 bridgehead atoms. The molecule has 1 fully saturated rings. The van der Waals surface area contributed by atoms with Crippen molar-refractivity contribution in [2.75, 3.05) is 10.6 Å². The van der Waals surface area contributed by atoms with Gasteiger partial charge in [0, 0.05) is 35.8 Å². The van der Waals surface area contributed by atoms with Crippen LogP contribution < -0.4 is 10.6 Å². The second-order valence-corrected chi connectivity index (χ2v) is 8.08. The molecule has 4 rings (SSSR count). The molecule has 0 spiro atoms. The van der Waals surface area contributed by atoms with Crippen LogP contribution in [-0.2, 0) is 11.2 Å². The summed E-state index contributed by atoms with van der Waals surface area (Å²) in [6, 6.07) is 13.0. The van der Waals surface area contributed by atoms with Crippen molar-refractivity contribution in [3.63, 3.8) is 0 Å². The highest BCUT2D eigenvalue weighted by atomic mass is 19.1. The number of anilines is 2. The summed E-state index contributed by atoms with van der Waals surface area (Å²) in [5.74, 6) is 0.367. The second kappa shape index (κ2) is 9.73. The van der Waals surface area contributed by atoms with Crippen molar-refractivity contribution in [3.05, 3.63) is 59.7 Å². The van der Waals surface area contributed by atoms with Gasteiger partial charge in [-0.3, -0.25) is 4.79 Å². The molecule has 1 aliphatic carbocycles. The van der Waals surface area contributed by atoms with Gasteiger partial charge in [0.15, 0.2) is 0 Å². The summed E-state index contributed by atoms with van der Waals surface area (Å²) in [5.41, 5.74) is 3.04. The van der Waals surface area contributed by atoms with Crippen LogP contribution in [0.2, 0.25) is 0 Å². The van der Waals surface area contributed by atoms with Crippen molar-refractivity contribution < 1.29 is 13.7 Å². The maximum atomic E-state index is 13.4. The first-order valence-corrected chi connectivity index (χ1v) is 10.8. The number of benzene rings is 2. The number of aromatic nitrogens is 2. The Labute approximate surface area is 181 Å². The topological polar surface area (TPSA) is 80.0 Å². The van der Waals surface area contributed by atoms with Gasteiger partial charge < -0.3 is 15.2 Å². The first kappa shape index (κ1) is 21.0. The highest BCUT2D eigenvalue weighted by Crippen LogP contribution is 2.23. The zero-order valence-electron chi connectivity index (χ0n) is 17.7. The first-order valence-electron chi connectivity index (χ1n) is 10.8. The number of hydrogen-bond acceptors (Lipinski definition) is 5. The van der Waals surface area contributed by atoms with E-state index in [1.165, 1.54) is 38.2 Å². The van der Waals surface area contributed by atoms with E-state index in [-0.39, 0.29) is 18.1 Å². The molecule has 1 saturated carbocycles. The summed E-state index contributed by atoms with van der Waals surface area (Å²) in [5, 5.41) is 10.4. The number of hydrogen-bond donors (Lipinski definition) is 2. The molecular weight excluding hydrogens is 395 g/mol. The molecule has 1 aromatic heterocycles. The van der Waals surface area contributed by atoms with Crippen LogP contribution in [0, 0.1) is 12.7 Å². The van der Waals surface area contributed by atoms with Crippen LogP contribution in [0.5, 0.6) is 0 Å². The van der Waals surface area contributed by atoms with Crippen molar-refractivity contribution in [2.24, 2.45) is 0 Å². The molecule has 3 aromatic rings. The Morgan fingerprint density at radius 3 is 2.58 bits per heavy atom. The van der Waals surface area contributed by atoms with Crippen molar-refractivity contribution in [1.29, 1.82) is 0 Å². The Balaban J connectivity index is 1.26. The fourth-order valence-corrected chi connectivity index (χ4v) is 3.83. The number of carbonyl (C=O) groups excluding carboxylic acids is 1. The highest BCUT2D eigenvalue weighted by molar-refractivity contribution is 5.90. The summed E-state index contributed by atoms with van der Waals surface area (Å²) >= 11 is 0. The fraction of sp³-hybridized carbons (Fsp3) is 0.375. The van der Waals surface area contributed by atoms with Gasteiger partial charge in [-0.25, -0.2) is 4.39 Å². The van der Waals surface area contributed by atoms with Crippen LogP contribution >= 0.6 is 0 Å². The van der Waals surface area contributed by atoms with Gasteiger partial charge in [-0.1, -0.05) is 24.4 Å². The van der Waals surface area contributed by atoms with E-state index in [9.17, 15) is 9.18 Å². The average Bonchev–Trinajstić information content (AvgIpc) is 3.25. The van der Waals surface area contributed by atoms with E-state index in [1.807, 2.05) is 24.3 Å². The lowest BCUT2D eigenvalue weighted by Gasteiger charge is -2.23. The Kier molecular flexibility index (Phi) is 6.60. The third-order valence-electron chi connectivity index (χ3n) is 5.59. The lowest BCUT2D eigenvalue weighted by atomic mass is 9.95. The Bertz CT molecular complexity index is 1030. The first-order chi connectivity index (χ1) is 15.1. The minimum Gasteiger partial charge on any atom is -0.382 e. The summed E-state index contributed by atoms with van der Waals surface area (Å²) < 4.78 is 18.7. The van der Waals surface area contributed by atoms with Gasteiger partial charge in [0.2, 0.25) is 17.6 Å². The maximum absolute atomic E-state index is 13.4. The van der Waals surface area contributed by atoms with Crippen LogP contribution in [0.25, 0.3) is 11.4 Å². The molecule has 1 heterocycles. The number of halogens is 1. The minimum absolute atomic E-state index is 0.120. The van der Waals surface area contributed by atoms with Gasteiger partial charge in [-0.15, -0.1) is 0 Å². The van der Waals surface area contributed by atoms with E-state index >= 15 is 0 Å². The van der Waals surface area contributed by atoms with E-state index in [2.05, 4.69) is 20.8 Å². The normalized spacial score (nSPS) is 14.4. The van der Waals surface area contributed by atoms with E-state index in [4.69, 9.17) is 4.52 Å². The molecule has 31 heavy (non-hydrogen) atoms. The summed E-state index contributed by atoms with van der Waals surface area (Å²) in [6.45, 7) is 1.68. The maximum Gasteiger partial charge on any atom is 0.227 e. The highest BCUT2D eigenvalue weighted by Gasteiger charge is 2.14. The van der Waals surface area contributed by atoms with Crippen molar-refractivity contribution in [3.8, 4) is 11.4 Å². The number of carbonyl (C=O) groups is 1. The van der Waals surface area contributed by atoms with Gasteiger partial charge in [0.1, 0.15) is 5.82 Å². The van der Waals surface area contributed by atoms with Crippen LogP contribution in [0.4, 0.5) is 15.8 Å². The van der Waals surface area contributed by atoms with E-state index in [1.54, 1.807) is 19.1 Å². The third kappa shape index (κ3) is 5.69. The van der Waals surface area contributed by atoms with Crippen molar-refractivity contribution in [1.82, 2.24) is 10.1 Å². The van der Waals surface area contributed by atoms with Crippen molar-refractivity contribution >= 4 is 17.3 Å². The quantitative estimate of drug-likeness (QED) is 0.525. The Hall–Kier alpha value is -3.22. The molecule has 7 heteroatoms. The predicted molar refractivity (Wildman–Crippen MR) is 118 cm³/mol. The lowest BCUT2D eigenvalue weighted by Crippen LogP contribution is -2.22. The molecule has 0 unspecified atom stereocenters. The van der Waals surface area contributed by atoms with Gasteiger partial charge in [-0.05, 0) is 67.8 Å². The number of aryl methyl sites for hydroxylation is 2. The summed E-state index contributed by atoms with van der Waals surface area (Å²) in [6.07, 6.45) is 6.91. The third-order valence-corrected chi connectivity index (χ3v) is 5.59.